The number of aryl methyl sites for hydroxylation is 1. The summed E-state index contributed by atoms with van der Waals surface area (Å²) in [7, 11) is 4.38. The van der Waals surface area contributed by atoms with Gasteiger partial charge in [-0.25, -0.2) is 0 Å². The summed E-state index contributed by atoms with van der Waals surface area (Å²) >= 11 is 0. The first-order valence-corrected chi connectivity index (χ1v) is 10.8. The molecular formula is C21H37N5O. The largest absolute Gasteiger partial charge is 0.336 e. The molecule has 0 spiro atoms. The fourth-order valence-electron chi connectivity index (χ4n) is 4.47. The van der Waals surface area contributed by atoms with Crippen LogP contribution in [0.5, 0.6) is 0 Å². The first-order chi connectivity index (χ1) is 13.0. The fraction of sp³-hybridized carbons (Fsp3) is 0.810. The van der Waals surface area contributed by atoms with E-state index in [-0.39, 0.29) is 5.91 Å². The summed E-state index contributed by atoms with van der Waals surface area (Å²) in [5.74, 6) is 0.144. The minimum atomic E-state index is 0.144. The highest BCUT2D eigenvalue weighted by Gasteiger charge is 2.32. The first kappa shape index (κ1) is 20.3. The summed E-state index contributed by atoms with van der Waals surface area (Å²) in [6, 6.07) is 0.528. The van der Waals surface area contributed by atoms with Gasteiger partial charge in [-0.2, -0.15) is 5.10 Å². The van der Waals surface area contributed by atoms with Crippen LogP contribution in [0.25, 0.3) is 0 Å². The number of amides is 1. The second-order valence-electron chi connectivity index (χ2n) is 8.27. The average molecular weight is 376 g/mol. The summed E-state index contributed by atoms with van der Waals surface area (Å²) in [4.78, 5) is 20.2. The molecule has 1 amide bonds. The lowest BCUT2D eigenvalue weighted by molar-refractivity contribution is 0.0754. The van der Waals surface area contributed by atoms with E-state index in [1.54, 1.807) is 0 Å². The van der Waals surface area contributed by atoms with Crippen LogP contribution in [0.3, 0.4) is 0 Å². The van der Waals surface area contributed by atoms with Crippen molar-refractivity contribution >= 4 is 5.91 Å². The van der Waals surface area contributed by atoms with Crippen LogP contribution in [0.1, 0.15) is 61.3 Å². The smallest absolute Gasteiger partial charge is 0.274 e. The molecule has 1 saturated heterocycles. The molecule has 1 aliphatic heterocycles. The van der Waals surface area contributed by atoms with Crippen LogP contribution >= 0.6 is 0 Å². The van der Waals surface area contributed by atoms with E-state index in [0.29, 0.717) is 6.04 Å². The molecule has 152 valence electrons. The Morgan fingerprint density at radius 1 is 1.22 bits per heavy atom. The van der Waals surface area contributed by atoms with E-state index in [1.165, 1.54) is 30.5 Å². The molecule has 6 nitrogen and oxygen atoms in total. The predicted molar refractivity (Wildman–Crippen MR) is 109 cm³/mol. The molecule has 1 atom stereocenters. The summed E-state index contributed by atoms with van der Waals surface area (Å²) in [6.07, 6.45) is 6.67. The number of hydrogen-bond donors (Lipinski definition) is 0. The van der Waals surface area contributed by atoms with E-state index in [9.17, 15) is 4.79 Å². The molecule has 3 rings (SSSR count). The predicted octanol–water partition coefficient (Wildman–Crippen LogP) is 2.27. The van der Waals surface area contributed by atoms with Gasteiger partial charge in [0, 0.05) is 43.5 Å². The Morgan fingerprint density at radius 3 is 2.78 bits per heavy atom. The molecule has 0 aromatic carbocycles. The zero-order valence-corrected chi connectivity index (χ0v) is 17.7. The van der Waals surface area contributed by atoms with Gasteiger partial charge in [0.2, 0.25) is 0 Å². The van der Waals surface area contributed by atoms with Gasteiger partial charge in [-0.05, 0) is 66.2 Å². The number of hydrogen-bond acceptors (Lipinski definition) is 4. The van der Waals surface area contributed by atoms with E-state index < -0.39 is 0 Å². The number of likely N-dealkylation sites (N-methyl/N-ethyl adjacent to an activating group) is 2. The number of unbranched alkanes of at least 4 members (excludes halogenated alkanes) is 1. The van der Waals surface area contributed by atoms with Gasteiger partial charge in [0.25, 0.3) is 5.91 Å². The third-order valence-electron chi connectivity index (χ3n) is 6.32. The van der Waals surface area contributed by atoms with Gasteiger partial charge in [0.15, 0.2) is 5.69 Å². The Hall–Kier alpha value is -1.40. The van der Waals surface area contributed by atoms with Crippen LogP contribution in [0, 0.1) is 0 Å². The zero-order valence-electron chi connectivity index (χ0n) is 17.7. The van der Waals surface area contributed by atoms with Crippen molar-refractivity contribution in [3.05, 3.63) is 17.0 Å². The standard InChI is InChI=1S/C21H37N5O/c1-5-7-12-24(4)17-9-10-19-18(16-17)20(22-26(19)6-2)21(27)25-13-8-11-23(3)14-15-25/h17H,5-16H2,1-4H3. The van der Waals surface area contributed by atoms with Gasteiger partial charge in [-0.15, -0.1) is 0 Å². The van der Waals surface area contributed by atoms with Crippen molar-refractivity contribution in [2.75, 3.05) is 46.8 Å². The zero-order chi connectivity index (χ0) is 19.4. The SMILES string of the molecule is CCCCN(C)C1CCc2c(c(C(=O)N3CCCN(C)CC3)nn2CC)C1. The molecule has 2 heterocycles. The highest BCUT2D eigenvalue weighted by atomic mass is 16.2. The summed E-state index contributed by atoms with van der Waals surface area (Å²) in [5, 5.41) is 4.78. The third kappa shape index (κ3) is 4.54. The molecule has 6 heteroatoms. The minimum Gasteiger partial charge on any atom is -0.336 e. The second-order valence-corrected chi connectivity index (χ2v) is 8.27. The number of aromatic nitrogens is 2. The number of nitrogens with zero attached hydrogens (tertiary/aromatic N) is 5. The van der Waals surface area contributed by atoms with E-state index in [4.69, 9.17) is 5.10 Å². The van der Waals surface area contributed by atoms with Crippen molar-refractivity contribution < 1.29 is 4.79 Å². The van der Waals surface area contributed by atoms with Crippen LogP contribution < -0.4 is 0 Å². The van der Waals surface area contributed by atoms with Crippen molar-refractivity contribution in [3.8, 4) is 0 Å². The van der Waals surface area contributed by atoms with Crippen LogP contribution in [0.4, 0.5) is 0 Å². The highest BCUT2D eigenvalue weighted by Crippen LogP contribution is 2.28. The number of carbonyl (C=O) groups excluding carboxylic acids is 1. The third-order valence-corrected chi connectivity index (χ3v) is 6.32. The minimum absolute atomic E-state index is 0.144. The molecule has 1 aromatic heterocycles. The number of fused-ring (bicyclic) bond motifs is 1. The van der Waals surface area contributed by atoms with E-state index >= 15 is 0 Å². The maximum atomic E-state index is 13.3. The van der Waals surface area contributed by atoms with Crippen molar-refractivity contribution in [1.29, 1.82) is 0 Å². The van der Waals surface area contributed by atoms with Gasteiger partial charge in [-0.1, -0.05) is 13.3 Å². The van der Waals surface area contributed by atoms with Crippen LogP contribution in [0.2, 0.25) is 0 Å². The Morgan fingerprint density at radius 2 is 2.04 bits per heavy atom. The maximum absolute atomic E-state index is 13.3. The van der Waals surface area contributed by atoms with Crippen molar-refractivity contribution in [3.63, 3.8) is 0 Å². The van der Waals surface area contributed by atoms with Crippen molar-refractivity contribution in [2.24, 2.45) is 0 Å². The summed E-state index contributed by atoms with van der Waals surface area (Å²) in [6.45, 7) is 10.0. The molecular weight excluding hydrogens is 338 g/mol. The number of rotatable bonds is 6. The lowest BCUT2D eigenvalue weighted by Gasteiger charge is -2.32. The molecule has 1 aliphatic carbocycles. The highest BCUT2D eigenvalue weighted by molar-refractivity contribution is 5.94. The number of carbonyl (C=O) groups is 1. The monoisotopic (exact) mass is 375 g/mol. The molecule has 0 saturated carbocycles. The van der Waals surface area contributed by atoms with E-state index in [2.05, 4.69) is 42.4 Å². The van der Waals surface area contributed by atoms with E-state index in [1.807, 2.05) is 4.90 Å². The Bertz CT molecular complexity index is 641. The van der Waals surface area contributed by atoms with Gasteiger partial charge >= 0.3 is 0 Å². The van der Waals surface area contributed by atoms with Crippen molar-refractivity contribution in [2.45, 2.75) is 65.0 Å². The lowest BCUT2D eigenvalue weighted by Crippen LogP contribution is -2.39. The maximum Gasteiger partial charge on any atom is 0.274 e. The van der Waals surface area contributed by atoms with Crippen molar-refractivity contribution in [1.82, 2.24) is 24.5 Å². The Kier molecular flexibility index (Phi) is 6.93. The Balaban J connectivity index is 1.80. The Labute approximate surface area is 164 Å². The molecule has 27 heavy (non-hydrogen) atoms. The van der Waals surface area contributed by atoms with E-state index in [0.717, 1.165) is 64.2 Å². The van der Waals surface area contributed by atoms with Crippen LogP contribution in [0.15, 0.2) is 0 Å². The second kappa shape index (κ2) is 9.20. The topological polar surface area (TPSA) is 44.6 Å². The molecule has 1 fully saturated rings. The lowest BCUT2D eigenvalue weighted by atomic mass is 9.90. The molecule has 1 aromatic rings. The van der Waals surface area contributed by atoms with Gasteiger partial charge in [-0.3, -0.25) is 9.48 Å². The molecule has 0 radical (unpaired) electrons. The fourth-order valence-corrected chi connectivity index (χ4v) is 4.47. The summed E-state index contributed by atoms with van der Waals surface area (Å²) in [5.41, 5.74) is 3.25. The quantitative estimate of drug-likeness (QED) is 0.765. The summed E-state index contributed by atoms with van der Waals surface area (Å²) < 4.78 is 2.08. The van der Waals surface area contributed by atoms with Gasteiger partial charge in [0.05, 0.1) is 0 Å². The van der Waals surface area contributed by atoms with Crippen LogP contribution in [-0.4, -0.2) is 83.2 Å². The first-order valence-electron chi connectivity index (χ1n) is 10.8. The van der Waals surface area contributed by atoms with Gasteiger partial charge in [0.1, 0.15) is 0 Å². The normalized spacial score (nSPS) is 21.4. The van der Waals surface area contributed by atoms with Crippen LogP contribution in [-0.2, 0) is 19.4 Å². The van der Waals surface area contributed by atoms with Gasteiger partial charge < -0.3 is 14.7 Å². The molecule has 2 aliphatic rings. The average Bonchev–Trinajstić information content (AvgIpc) is 2.91. The molecule has 1 unspecified atom stereocenters. The molecule has 0 bridgehead atoms. The molecule has 0 N–H and O–H groups in total.